The van der Waals surface area contributed by atoms with Crippen LogP contribution in [-0.4, -0.2) is 33.1 Å². The number of nitrogens with zero attached hydrogens (tertiary/aromatic N) is 2. The van der Waals surface area contributed by atoms with E-state index in [1.165, 1.54) is 11.3 Å². The maximum Gasteiger partial charge on any atom is 0.0811 e. The summed E-state index contributed by atoms with van der Waals surface area (Å²) in [6.45, 7) is 5.29. The highest BCUT2D eigenvalue weighted by Crippen LogP contribution is 2.64. The quantitative estimate of drug-likeness (QED) is 0.734. The zero-order chi connectivity index (χ0) is 20.2. The smallest absolute Gasteiger partial charge is 0.0811 e. The summed E-state index contributed by atoms with van der Waals surface area (Å²) in [6, 6.07) is 5.97. The van der Waals surface area contributed by atoms with Gasteiger partial charge < -0.3 is 10.2 Å². The molecule has 4 aliphatic carbocycles. The molecule has 2 N–H and O–H groups in total. The van der Waals surface area contributed by atoms with Gasteiger partial charge in [-0.3, -0.25) is 9.98 Å². The fraction of sp³-hybridized carbons (Fsp3) is 0.680. The number of aliphatic hydroxyl groups excluding tert-OH is 2. The molecule has 0 amide bonds. The van der Waals surface area contributed by atoms with Gasteiger partial charge in [-0.1, -0.05) is 31.6 Å². The maximum absolute atomic E-state index is 11.4. The van der Waals surface area contributed by atoms with E-state index in [-0.39, 0.29) is 23.0 Å². The lowest BCUT2D eigenvalue weighted by Gasteiger charge is -2.58. The van der Waals surface area contributed by atoms with Crippen molar-refractivity contribution < 1.29 is 10.2 Å². The summed E-state index contributed by atoms with van der Waals surface area (Å²) in [5.41, 5.74) is 3.60. The number of aliphatic hydroxyl groups is 2. The van der Waals surface area contributed by atoms with Crippen molar-refractivity contribution in [2.45, 2.75) is 77.5 Å². The number of rotatable bonds is 2. The van der Waals surface area contributed by atoms with Crippen LogP contribution in [0.25, 0.3) is 0 Å². The molecule has 156 valence electrons. The third-order valence-electron chi connectivity index (χ3n) is 9.09. The second-order valence-electron chi connectivity index (χ2n) is 10.3. The third-order valence-corrected chi connectivity index (χ3v) is 9.09. The minimum absolute atomic E-state index is 0.151. The summed E-state index contributed by atoms with van der Waals surface area (Å²) in [4.78, 5) is 9.41. The van der Waals surface area contributed by atoms with Gasteiger partial charge in [0.1, 0.15) is 0 Å². The molecule has 4 aliphatic rings. The molecule has 3 saturated carbocycles. The average Bonchev–Trinajstić information content (AvgIpc) is 3.06. The number of allylic oxidation sites excluding steroid dienone is 1. The summed E-state index contributed by atoms with van der Waals surface area (Å²) in [5, 5.41) is 21.6. The van der Waals surface area contributed by atoms with Crippen molar-refractivity contribution in [2.24, 2.45) is 33.6 Å². The second kappa shape index (κ2) is 7.02. The number of hydrogen-bond acceptors (Lipinski definition) is 4. The van der Waals surface area contributed by atoms with Crippen molar-refractivity contribution in [1.82, 2.24) is 4.98 Å². The number of pyridine rings is 1. The molecule has 0 aromatic carbocycles. The topological polar surface area (TPSA) is 65.7 Å². The molecule has 0 bridgehead atoms. The molecule has 0 radical (unpaired) electrons. The van der Waals surface area contributed by atoms with E-state index in [1.54, 1.807) is 0 Å². The lowest BCUT2D eigenvalue weighted by atomic mass is 9.47. The summed E-state index contributed by atoms with van der Waals surface area (Å²) in [5.74, 6) is 1.65. The summed E-state index contributed by atoms with van der Waals surface area (Å²) in [7, 11) is 0. The highest BCUT2D eigenvalue weighted by Gasteiger charge is 2.61. The number of fused-ring (bicyclic) bond motifs is 5. The van der Waals surface area contributed by atoms with E-state index < -0.39 is 0 Å². The van der Waals surface area contributed by atoms with Crippen LogP contribution in [0, 0.1) is 28.6 Å². The van der Waals surface area contributed by atoms with Crippen LogP contribution in [0.15, 0.2) is 41.0 Å². The van der Waals surface area contributed by atoms with Crippen LogP contribution in [0.2, 0.25) is 0 Å². The Hall–Kier alpha value is -1.52. The lowest BCUT2D eigenvalue weighted by molar-refractivity contribution is -0.0906. The van der Waals surface area contributed by atoms with Crippen molar-refractivity contribution in [3.05, 3.63) is 41.7 Å². The van der Waals surface area contributed by atoms with E-state index in [9.17, 15) is 10.2 Å². The van der Waals surface area contributed by atoms with Gasteiger partial charge >= 0.3 is 0 Å². The molecule has 1 heterocycles. The van der Waals surface area contributed by atoms with Crippen molar-refractivity contribution in [3.8, 4) is 0 Å². The first-order chi connectivity index (χ1) is 13.9. The SMILES string of the molecule is C[C@@]12C(=NCc3ccccn3)CC[C@H]1[C@@H]1CC=C3C[C@@H](O)CC[C@]3(C)[C@H]1C[C@H]2O. The van der Waals surface area contributed by atoms with Crippen LogP contribution in [0.3, 0.4) is 0 Å². The summed E-state index contributed by atoms with van der Waals surface area (Å²) < 4.78 is 0. The summed E-state index contributed by atoms with van der Waals surface area (Å²) in [6.07, 6.45) is 10.6. The fourth-order valence-electron chi connectivity index (χ4n) is 7.33. The maximum atomic E-state index is 11.4. The monoisotopic (exact) mass is 394 g/mol. The Morgan fingerprint density at radius 3 is 2.83 bits per heavy atom. The van der Waals surface area contributed by atoms with Gasteiger partial charge in [-0.2, -0.15) is 0 Å². The van der Waals surface area contributed by atoms with Crippen LogP contribution >= 0.6 is 0 Å². The molecule has 0 spiro atoms. The first kappa shape index (κ1) is 19.4. The van der Waals surface area contributed by atoms with Crippen molar-refractivity contribution in [3.63, 3.8) is 0 Å². The Labute approximate surface area is 174 Å². The summed E-state index contributed by atoms with van der Waals surface area (Å²) >= 11 is 0. The molecule has 4 nitrogen and oxygen atoms in total. The molecule has 5 rings (SSSR count). The van der Waals surface area contributed by atoms with Gasteiger partial charge in [0.25, 0.3) is 0 Å². The lowest BCUT2D eigenvalue weighted by Crippen LogP contribution is -2.56. The van der Waals surface area contributed by atoms with E-state index in [0.717, 1.165) is 50.6 Å². The molecule has 1 aromatic rings. The Kier molecular flexibility index (Phi) is 4.71. The van der Waals surface area contributed by atoms with Crippen molar-refractivity contribution >= 4 is 5.71 Å². The zero-order valence-electron chi connectivity index (χ0n) is 17.7. The molecule has 1 aromatic heterocycles. The Morgan fingerprint density at radius 1 is 1.17 bits per heavy atom. The molecule has 0 saturated heterocycles. The van der Waals surface area contributed by atoms with Crippen LogP contribution in [0.1, 0.15) is 64.5 Å². The van der Waals surface area contributed by atoms with Crippen molar-refractivity contribution in [1.29, 1.82) is 0 Å². The molecule has 0 unspecified atom stereocenters. The molecule has 0 aliphatic heterocycles. The molecule has 3 fully saturated rings. The zero-order valence-corrected chi connectivity index (χ0v) is 17.7. The molecule has 29 heavy (non-hydrogen) atoms. The van der Waals surface area contributed by atoms with Gasteiger partial charge in [-0.15, -0.1) is 0 Å². The van der Waals surface area contributed by atoms with E-state index >= 15 is 0 Å². The number of hydrogen-bond donors (Lipinski definition) is 2. The highest BCUT2D eigenvalue weighted by molar-refractivity contribution is 5.93. The van der Waals surface area contributed by atoms with Gasteiger partial charge in [-0.05, 0) is 80.2 Å². The van der Waals surface area contributed by atoms with Gasteiger partial charge in [0.15, 0.2) is 0 Å². The van der Waals surface area contributed by atoms with Crippen LogP contribution < -0.4 is 0 Å². The fourth-order valence-corrected chi connectivity index (χ4v) is 7.33. The van der Waals surface area contributed by atoms with Crippen LogP contribution in [0.4, 0.5) is 0 Å². The van der Waals surface area contributed by atoms with Crippen molar-refractivity contribution in [2.75, 3.05) is 0 Å². The Bertz CT molecular complexity index is 834. The highest BCUT2D eigenvalue weighted by atomic mass is 16.3. The number of aromatic nitrogens is 1. The molecule has 7 atom stereocenters. The Morgan fingerprint density at radius 2 is 2.03 bits per heavy atom. The first-order valence-electron chi connectivity index (χ1n) is 11.4. The van der Waals surface area contributed by atoms with E-state index in [0.29, 0.717) is 24.3 Å². The van der Waals surface area contributed by atoms with Gasteiger partial charge in [-0.25, -0.2) is 0 Å². The van der Waals surface area contributed by atoms with E-state index in [4.69, 9.17) is 4.99 Å². The third kappa shape index (κ3) is 2.94. The van der Waals surface area contributed by atoms with E-state index in [2.05, 4.69) is 24.9 Å². The second-order valence-corrected chi connectivity index (χ2v) is 10.3. The minimum atomic E-state index is -0.332. The normalized spacial score (nSPS) is 45.3. The average molecular weight is 395 g/mol. The van der Waals surface area contributed by atoms with Gasteiger partial charge in [0.2, 0.25) is 0 Å². The van der Waals surface area contributed by atoms with Gasteiger partial charge in [0.05, 0.1) is 24.4 Å². The predicted molar refractivity (Wildman–Crippen MR) is 114 cm³/mol. The molecular weight excluding hydrogens is 360 g/mol. The standard InChI is InChI=1S/C25H34N2O2/c1-24-11-10-18(28)13-16(24)6-7-19-20-8-9-22(25(20,2)23(29)14-21(19)24)27-15-17-5-3-4-12-26-17/h3-6,12,18-21,23,28-29H,7-11,13-15H2,1-2H3/t18-,19-,20-,21-,23+,24-,25-/m0/s1. The molecule has 4 heteroatoms. The minimum Gasteiger partial charge on any atom is -0.393 e. The van der Waals surface area contributed by atoms with E-state index in [1.807, 2.05) is 24.4 Å². The largest absolute Gasteiger partial charge is 0.393 e. The van der Waals surface area contributed by atoms with Crippen LogP contribution in [0.5, 0.6) is 0 Å². The number of aliphatic imine (C=N–C) groups is 1. The van der Waals surface area contributed by atoms with Crippen LogP contribution in [-0.2, 0) is 6.54 Å². The van der Waals surface area contributed by atoms with Gasteiger partial charge in [0, 0.05) is 17.3 Å². The Balaban J connectivity index is 1.44. The first-order valence-corrected chi connectivity index (χ1v) is 11.4. The predicted octanol–water partition coefficient (Wildman–Crippen LogP) is 4.32. The molecular formula is C25H34N2O2.